The van der Waals surface area contributed by atoms with Crippen molar-refractivity contribution in [2.45, 2.75) is 31.5 Å². The Bertz CT molecular complexity index is 758. The summed E-state index contributed by atoms with van der Waals surface area (Å²) in [4.78, 5) is 12.1. The molecule has 0 atom stereocenters. The van der Waals surface area contributed by atoms with Gasteiger partial charge in [-0.3, -0.25) is 9.13 Å². The Morgan fingerprint density at radius 3 is 2.24 bits per heavy atom. The summed E-state index contributed by atoms with van der Waals surface area (Å²) in [6.07, 6.45) is 3.27. The van der Waals surface area contributed by atoms with Gasteiger partial charge in [0.2, 0.25) is 0 Å². The Morgan fingerprint density at radius 1 is 1.10 bits per heavy atom. The van der Waals surface area contributed by atoms with Crippen molar-refractivity contribution in [3.8, 4) is 0 Å². The number of imidazole rings is 1. The Kier molecular flexibility index (Phi) is 4.64. The summed E-state index contributed by atoms with van der Waals surface area (Å²) in [5.74, 6) is -0.109. The summed E-state index contributed by atoms with van der Waals surface area (Å²) in [6, 6.07) is 6.51. The Hall–Kier alpha value is -1.86. The van der Waals surface area contributed by atoms with Gasteiger partial charge in [-0.25, -0.2) is 13.2 Å². The van der Waals surface area contributed by atoms with E-state index in [1.807, 2.05) is 6.92 Å². The van der Waals surface area contributed by atoms with Crippen molar-refractivity contribution in [3.63, 3.8) is 0 Å². The fraction of sp³-hybridized carbons (Fsp3) is 0.357. The minimum absolute atomic E-state index is 0.109. The molecule has 1 aromatic carbocycles. The van der Waals surface area contributed by atoms with Gasteiger partial charge >= 0.3 is 5.69 Å². The lowest BCUT2D eigenvalue weighted by atomic mass is 10.2. The van der Waals surface area contributed by atoms with Crippen LogP contribution in [0.5, 0.6) is 0 Å². The van der Waals surface area contributed by atoms with Crippen LogP contribution >= 0.6 is 0 Å². The number of sulfone groups is 1. The van der Waals surface area contributed by atoms with E-state index in [4.69, 9.17) is 5.73 Å². The molecule has 7 heteroatoms. The fourth-order valence-corrected chi connectivity index (χ4v) is 3.26. The summed E-state index contributed by atoms with van der Waals surface area (Å²) in [6.45, 7) is 2.95. The van der Waals surface area contributed by atoms with Crippen molar-refractivity contribution in [3.05, 3.63) is 52.7 Å². The van der Waals surface area contributed by atoms with Crippen LogP contribution in [-0.4, -0.2) is 23.3 Å². The van der Waals surface area contributed by atoms with Gasteiger partial charge in [-0.1, -0.05) is 12.1 Å². The molecule has 0 aliphatic heterocycles. The van der Waals surface area contributed by atoms with E-state index in [0.29, 0.717) is 13.1 Å². The molecule has 0 saturated carbocycles. The fourth-order valence-electron chi connectivity index (χ4n) is 2.03. The van der Waals surface area contributed by atoms with Gasteiger partial charge in [-0.15, -0.1) is 0 Å². The number of hydrogen-bond donors (Lipinski definition) is 1. The molecule has 0 bridgehead atoms. The zero-order valence-electron chi connectivity index (χ0n) is 11.9. The number of aryl methyl sites for hydroxylation is 2. The van der Waals surface area contributed by atoms with E-state index in [1.54, 1.807) is 36.7 Å². The molecule has 0 radical (unpaired) electrons. The van der Waals surface area contributed by atoms with Crippen LogP contribution in [0.25, 0.3) is 0 Å². The highest BCUT2D eigenvalue weighted by Crippen LogP contribution is 2.12. The summed E-state index contributed by atoms with van der Waals surface area (Å²) in [5, 5.41) is 0. The molecule has 0 fully saturated rings. The van der Waals surface area contributed by atoms with Gasteiger partial charge in [0, 0.05) is 32.0 Å². The summed E-state index contributed by atoms with van der Waals surface area (Å²) in [7, 11) is -3.41. The van der Waals surface area contributed by atoms with Gasteiger partial charge in [0.1, 0.15) is 0 Å². The Balaban J connectivity index is 2.13. The molecular weight excluding hydrogens is 290 g/mol. The predicted molar refractivity (Wildman–Crippen MR) is 80.8 cm³/mol. The number of nitrogens with two attached hydrogens (primary N) is 1. The van der Waals surface area contributed by atoms with Crippen molar-refractivity contribution >= 4 is 9.84 Å². The lowest BCUT2D eigenvalue weighted by Gasteiger charge is -2.06. The molecule has 0 spiro atoms. The van der Waals surface area contributed by atoms with Crippen LogP contribution < -0.4 is 11.4 Å². The van der Waals surface area contributed by atoms with E-state index in [-0.39, 0.29) is 22.9 Å². The molecule has 2 rings (SSSR count). The van der Waals surface area contributed by atoms with Crippen molar-refractivity contribution in [2.24, 2.45) is 5.73 Å². The zero-order valence-corrected chi connectivity index (χ0v) is 12.7. The van der Waals surface area contributed by atoms with Crippen molar-refractivity contribution in [1.29, 1.82) is 0 Å². The molecular formula is C14H19N3O3S. The summed E-state index contributed by atoms with van der Waals surface area (Å²) >= 11 is 0. The van der Waals surface area contributed by atoms with Crippen LogP contribution in [0.4, 0.5) is 0 Å². The van der Waals surface area contributed by atoms with Gasteiger partial charge in [0.05, 0.1) is 10.6 Å². The topological polar surface area (TPSA) is 87.1 Å². The first-order valence-corrected chi connectivity index (χ1v) is 8.40. The van der Waals surface area contributed by atoms with Crippen LogP contribution in [0.1, 0.15) is 12.5 Å². The number of benzene rings is 1. The van der Waals surface area contributed by atoms with E-state index in [2.05, 4.69) is 0 Å². The second-order valence-corrected chi connectivity index (χ2v) is 6.84. The minimum Gasteiger partial charge on any atom is -0.326 e. The first-order chi connectivity index (χ1) is 9.97. The second-order valence-electron chi connectivity index (χ2n) is 4.73. The predicted octanol–water partition coefficient (Wildman–Crippen LogP) is 0.602. The number of nitrogens with zero attached hydrogens (tertiary/aromatic N) is 2. The smallest absolute Gasteiger partial charge is 0.326 e. The number of rotatable bonds is 6. The molecule has 0 aliphatic rings. The zero-order chi connectivity index (χ0) is 15.5. The van der Waals surface area contributed by atoms with E-state index >= 15 is 0 Å². The third-order valence-corrected chi connectivity index (χ3v) is 5.09. The molecule has 0 aliphatic carbocycles. The molecule has 1 heterocycles. The van der Waals surface area contributed by atoms with Gasteiger partial charge in [0.15, 0.2) is 9.84 Å². The summed E-state index contributed by atoms with van der Waals surface area (Å²) < 4.78 is 27.4. The van der Waals surface area contributed by atoms with E-state index in [0.717, 1.165) is 5.56 Å². The van der Waals surface area contributed by atoms with Crippen LogP contribution in [0, 0.1) is 0 Å². The van der Waals surface area contributed by atoms with Crippen LogP contribution in [0.2, 0.25) is 0 Å². The van der Waals surface area contributed by atoms with Gasteiger partial charge in [-0.2, -0.15) is 0 Å². The van der Waals surface area contributed by atoms with Gasteiger partial charge in [-0.05, 0) is 24.6 Å². The highest BCUT2D eigenvalue weighted by molar-refractivity contribution is 7.91. The summed E-state index contributed by atoms with van der Waals surface area (Å²) in [5.41, 5.74) is 6.18. The largest absolute Gasteiger partial charge is 0.328 e. The quantitative estimate of drug-likeness (QED) is 0.846. The van der Waals surface area contributed by atoms with Crippen LogP contribution in [-0.2, 0) is 29.5 Å². The molecule has 114 valence electrons. The molecule has 6 nitrogen and oxygen atoms in total. The molecule has 0 unspecified atom stereocenters. The van der Waals surface area contributed by atoms with Crippen molar-refractivity contribution in [1.82, 2.24) is 9.13 Å². The van der Waals surface area contributed by atoms with Gasteiger partial charge < -0.3 is 5.73 Å². The average molecular weight is 309 g/mol. The normalized spacial score (nSPS) is 11.7. The van der Waals surface area contributed by atoms with Crippen molar-refractivity contribution in [2.75, 3.05) is 5.75 Å². The van der Waals surface area contributed by atoms with E-state index in [1.165, 1.54) is 9.13 Å². The van der Waals surface area contributed by atoms with E-state index in [9.17, 15) is 13.2 Å². The highest BCUT2D eigenvalue weighted by atomic mass is 32.2. The average Bonchev–Trinajstić information content (AvgIpc) is 2.85. The SMILES string of the molecule is CCn1ccn(CCS(=O)(=O)c2ccc(CN)cc2)c1=O. The van der Waals surface area contributed by atoms with Crippen LogP contribution in [0.3, 0.4) is 0 Å². The maximum Gasteiger partial charge on any atom is 0.328 e. The minimum atomic E-state index is -3.41. The number of aromatic nitrogens is 2. The van der Waals surface area contributed by atoms with Gasteiger partial charge in [0.25, 0.3) is 0 Å². The second kappa shape index (κ2) is 6.28. The maximum atomic E-state index is 12.2. The molecule has 21 heavy (non-hydrogen) atoms. The third-order valence-electron chi connectivity index (χ3n) is 3.38. The molecule has 2 N–H and O–H groups in total. The molecule has 1 aromatic heterocycles. The third kappa shape index (κ3) is 3.43. The van der Waals surface area contributed by atoms with Crippen LogP contribution in [0.15, 0.2) is 46.3 Å². The highest BCUT2D eigenvalue weighted by Gasteiger charge is 2.15. The lowest BCUT2D eigenvalue weighted by molar-refractivity contribution is 0.584. The van der Waals surface area contributed by atoms with Crippen molar-refractivity contribution < 1.29 is 8.42 Å². The maximum absolute atomic E-state index is 12.2. The standard InChI is InChI=1S/C14H19N3O3S/c1-2-16-7-8-17(14(16)18)9-10-21(19,20)13-5-3-12(11-15)4-6-13/h3-8H,2,9-11,15H2,1H3. The molecule has 2 aromatic rings. The monoisotopic (exact) mass is 309 g/mol. The molecule has 0 amide bonds. The first kappa shape index (κ1) is 15.5. The number of hydrogen-bond acceptors (Lipinski definition) is 4. The Labute approximate surface area is 123 Å². The first-order valence-electron chi connectivity index (χ1n) is 6.75. The lowest BCUT2D eigenvalue weighted by Crippen LogP contribution is -2.26. The molecule has 0 saturated heterocycles. The van der Waals surface area contributed by atoms with E-state index < -0.39 is 9.84 Å². The Morgan fingerprint density at radius 2 is 1.71 bits per heavy atom.